The highest BCUT2D eigenvalue weighted by atomic mass is 16.3. The molecule has 0 aliphatic heterocycles. The standard InChI is InChI=1S/C12H18N2O2/c1-8(2)14(10-3-4-10)12(15)9-5-11(6-13)16-7-9/h5,7-8,10H,3-4,6,13H2,1-2H3. The highest BCUT2D eigenvalue weighted by molar-refractivity contribution is 5.94. The molecule has 2 N–H and O–H groups in total. The lowest BCUT2D eigenvalue weighted by atomic mass is 10.2. The van der Waals surface area contributed by atoms with Gasteiger partial charge in [-0.3, -0.25) is 4.79 Å². The minimum absolute atomic E-state index is 0.0564. The Morgan fingerprint density at radius 3 is 2.75 bits per heavy atom. The van der Waals surface area contributed by atoms with Crippen molar-refractivity contribution in [2.75, 3.05) is 0 Å². The molecular formula is C12H18N2O2. The molecule has 88 valence electrons. The van der Waals surface area contributed by atoms with Crippen LogP contribution in [0.2, 0.25) is 0 Å². The Balaban J connectivity index is 2.15. The molecule has 1 fully saturated rings. The Morgan fingerprint density at radius 2 is 2.31 bits per heavy atom. The summed E-state index contributed by atoms with van der Waals surface area (Å²) in [6.07, 6.45) is 3.74. The van der Waals surface area contributed by atoms with Gasteiger partial charge < -0.3 is 15.1 Å². The van der Waals surface area contributed by atoms with Crippen molar-refractivity contribution in [3.8, 4) is 0 Å². The average Bonchev–Trinajstić information content (AvgIpc) is 2.95. The van der Waals surface area contributed by atoms with Gasteiger partial charge in [0.1, 0.15) is 12.0 Å². The normalized spacial score (nSPS) is 15.5. The Morgan fingerprint density at radius 1 is 1.62 bits per heavy atom. The fourth-order valence-electron chi connectivity index (χ4n) is 1.92. The molecule has 0 unspecified atom stereocenters. The summed E-state index contributed by atoms with van der Waals surface area (Å²) in [5, 5.41) is 0. The van der Waals surface area contributed by atoms with Crippen LogP contribution >= 0.6 is 0 Å². The predicted molar refractivity (Wildman–Crippen MR) is 60.9 cm³/mol. The first-order valence-corrected chi connectivity index (χ1v) is 5.73. The van der Waals surface area contributed by atoms with Crippen LogP contribution in [0.15, 0.2) is 16.7 Å². The zero-order valence-corrected chi connectivity index (χ0v) is 9.77. The molecule has 0 radical (unpaired) electrons. The van der Waals surface area contributed by atoms with Crippen molar-refractivity contribution in [2.45, 2.75) is 45.3 Å². The number of hydrogen-bond acceptors (Lipinski definition) is 3. The second-order valence-electron chi connectivity index (χ2n) is 4.54. The lowest BCUT2D eigenvalue weighted by Crippen LogP contribution is -2.38. The number of carbonyl (C=O) groups is 1. The molecule has 1 heterocycles. The third-order valence-electron chi connectivity index (χ3n) is 2.83. The van der Waals surface area contributed by atoms with Gasteiger partial charge in [0.15, 0.2) is 0 Å². The van der Waals surface area contributed by atoms with Crippen LogP contribution in [0.25, 0.3) is 0 Å². The van der Waals surface area contributed by atoms with Crippen molar-refractivity contribution in [3.63, 3.8) is 0 Å². The maximum atomic E-state index is 12.2. The lowest BCUT2D eigenvalue weighted by molar-refractivity contribution is 0.0689. The summed E-state index contributed by atoms with van der Waals surface area (Å²) in [6, 6.07) is 2.39. The van der Waals surface area contributed by atoms with Gasteiger partial charge in [0.25, 0.3) is 5.91 Å². The summed E-state index contributed by atoms with van der Waals surface area (Å²) >= 11 is 0. The van der Waals surface area contributed by atoms with E-state index in [9.17, 15) is 4.79 Å². The summed E-state index contributed by atoms with van der Waals surface area (Å²) in [6.45, 7) is 4.42. The summed E-state index contributed by atoms with van der Waals surface area (Å²) in [7, 11) is 0. The fourth-order valence-corrected chi connectivity index (χ4v) is 1.92. The largest absolute Gasteiger partial charge is 0.467 e. The molecule has 0 atom stereocenters. The number of nitrogens with zero attached hydrogens (tertiary/aromatic N) is 1. The maximum absolute atomic E-state index is 12.2. The quantitative estimate of drug-likeness (QED) is 0.844. The van der Waals surface area contributed by atoms with Gasteiger partial charge >= 0.3 is 0 Å². The van der Waals surface area contributed by atoms with Crippen LogP contribution in [-0.4, -0.2) is 22.9 Å². The van der Waals surface area contributed by atoms with E-state index in [1.807, 2.05) is 18.7 Å². The molecule has 1 amide bonds. The predicted octanol–water partition coefficient (Wildman–Crippen LogP) is 1.75. The van der Waals surface area contributed by atoms with Crippen LogP contribution < -0.4 is 5.73 Å². The van der Waals surface area contributed by atoms with Gasteiger partial charge in [0.2, 0.25) is 0 Å². The molecule has 4 heteroatoms. The monoisotopic (exact) mass is 222 g/mol. The van der Waals surface area contributed by atoms with Gasteiger partial charge in [0.05, 0.1) is 12.1 Å². The van der Waals surface area contributed by atoms with Crippen LogP contribution in [0.5, 0.6) is 0 Å². The number of hydrogen-bond donors (Lipinski definition) is 1. The van der Waals surface area contributed by atoms with Gasteiger partial charge in [0, 0.05) is 12.1 Å². The summed E-state index contributed by atoms with van der Waals surface area (Å²) in [5.41, 5.74) is 6.06. The second kappa shape index (κ2) is 4.29. The van der Waals surface area contributed by atoms with Gasteiger partial charge in [-0.05, 0) is 32.8 Å². The van der Waals surface area contributed by atoms with Crippen LogP contribution in [0.3, 0.4) is 0 Å². The van der Waals surface area contributed by atoms with E-state index in [1.54, 1.807) is 6.07 Å². The first-order valence-electron chi connectivity index (χ1n) is 5.73. The van der Waals surface area contributed by atoms with E-state index in [0.717, 1.165) is 12.8 Å². The van der Waals surface area contributed by atoms with E-state index in [2.05, 4.69) is 0 Å². The third kappa shape index (κ3) is 2.11. The zero-order valence-electron chi connectivity index (χ0n) is 9.77. The van der Waals surface area contributed by atoms with Gasteiger partial charge in [-0.15, -0.1) is 0 Å². The molecule has 0 saturated heterocycles. The van der Waals surface area contributed by atoms with Crippen LogP contribution in [-0.2, 0) is 6.54 Å². The van der Waals surface area contributed by atoms with Gasteiger partial charge in [-0.25, -0.2) is 0 Å². The highest BCUT2D eigenvalue weighted by Gasteiger charge is 2.35. The highest BCUT2D eigenvalue weighted by Crippen LogP contribution is 2.30. The summed E-state index contributed by atoms with van der Waals surface area (Å²) in [4.78, 5) is 14.2. The average molecular weight is 222 g/mol. The summed E-state index contributed by atoms with van der Waals surface area (Å²) < 4.78 is 5.19. The fraction of sp³-hybridized carbons (Fsp3) is 0.583. The molecule has 2 rings (SSSR count). The number of rotatable bonds is 4. The minimum Gasteiger partial charge on any atom is -0.467 e. The molecule has 1 aliphatic rings. The molecule has 4 nitrogen and oxygen atoms in total. The Hall–Kier alpha value is -1.29. The Labute approximate surface area is 95.4 Å². The van der Waals surface area contributed by atoms with Crippen molar-refractivity contribution >= 4 is 5.91 Å². The van der Waals surface area contributed by atoms with Crippen LogP contribution in [0.4, 0.5) is 0 Å². The van der Waals surface area contributed by atoms with Crippen molar-refractivity contribution in [2.24, 2.45) is 5.73 Å². The van der Waals surface area contributed by atoms with Crippen molar-refractivity contribution < 1.29 is 9.21 Å². The molecule has 0 aromatic carbocycles. The van der Waals surface area contributed by atoms with Crippen molar-refractivity contribution in [3.05, 3.63) is 23.7 Å². The molecule has 1 aromatic rings. The number of carbonyl (C=O) groups excluding carboxylic acids is 1. The maximum Gasteiger partial charge on any atom is 0.257 e. The molecule has 1 aromatic heterocycles. The SMILES string of the molecule is CC(C)N(C(=O)c1coc(CN)c1)C1CC1. The smallest absolute Gasteiger partial charge is 0.257 e. The molecule has 0 spiro atoms. The topological polar surface area (TPSA) is 59.5 Å². The Kier molecular flexibility index (Phi) is 3.01. The summed E-state index contributed by atoms with van der Waals surface area (Å²) in [5.74, 6) is 0.712. The van der Waals surface area contributed by atoms with E-state index < -0.39 is 0 Å². The van der Waals surface area contributed by atoms with Gasteiger partial charge in [-0.2, -0.15) is 0 Å². The van der Waals surface area contributed by atoms with E-state index >= 15 is 0 Å². The third-order valence-corrected chi connectivity index (χ3v) is 2.83. The van der Waals surface area contributed by atoms with Crippen molar-refractivity contribution in [1.82, 2.24) is 4.90 Å². The molecule has 16 heavy (non-hydrogen) atoms. The first kappa shape index (κ1) is 11.2. The van der Waals surface area contributed by atoms with Crippen LogP contribution in [0, 0.1) is 0 Å². The first-order chi connectivity index (χ1) is 7.63. The number of furan rings is 1. The van der Waals surface area contributed by atoms with Crippen LogP contribution in [0.1, 0.15) is 42.8 Å². The molecule has 0 bridgehead atoms. The second-order valence-corrected chi connectivity index (χ2v) is 4.54. The number of nitrogens with two attached hydrogens (primary N) is 1. The Bertz CT molecular complexity index is 378. The van der Waals surface area contributed by atoms with E-state index in [-0.39, 0.29) is 11.9 Å². The van der Waals surface area contributed by atoms with E-state index in [4.69, 9.17) is 10.2 Å². The van der Waals surface area contributed by atoms with E-state index in [1.165, 1.54) is 6.26 Å². The van der Waals surface area contributed by atoms with Gasteiger partial charge in [-0.1, -0.05) is 0 Å². The number of amides is 1. The van der Waals surface area contributed by atoms with E-state index in [0.29, 0.717) is 23.9 Å². The lowest BCUT2D eigenvalue weighted by Gasteiger charge is -2.26. The van der Waals surface area contributed by atoms with Crippen molar-refractivity contribution in [1.29, 1.82) is 0 Å². The zero-order chi connectivity index (χ0) is 11.7. The molecule has 1 saturated carbocycles. The molecular weight excluding hydrogens is 204 g/mol. The molecule has 1 aliphatic carbocycles. The minimum atomic E-state index is 0.0564.